The summed E-state index contributed by atoms with van der Waals surface area (Å²) in [5.41, 5.74) is 1.36. The van der Waals surface area contributed by atoms with Gasteiger partial charge in [0.15, 0.2) is 0 Å². The molecule has 0 atom stereocenters. The molecule has 0 amide bonds. The van der Waals surface area contributed by atoms with Crippen LogP contribution >= 0.6 is 15.9 Å². The van der Waals surface area contributed by atoms with Crippen LogP contribution in [0.1, 0.15) is 0 Å². The van der Waals surface area contributed by atoms with Gasteiger partial charge in [-0.1, -0.05) is 18.2 Å². The molecule has 4 heteroatoms. The number of aromatic hydroxyl groups is 1. The Hall–Kier alpha value is -1.68. The lowest BCUT2D eigenvalue weighted by Gasteiger charge is -2.05. The van der Waals surface area contributed by atoms with Crippen molar-refractivity contribution in [2.45, 2.75) is 0 Å². The van der Waals surface area contributed by atoms with Crippen molar-refractivity contribution in [1.29, 1.82) is 0 Å². The number of halogens is 1. The number of para-hydroxylation sites is 1. The molecule has 0 saturated heterocycles. The topological polar surface area (TPSA) is 42.6 Å². The number of benzene rings is 2. The standard InChI is InChI=1S/C13H9BrO3/c1-16-10-6-9-11(13(15)12(10)14)7-4-2-3-5-8(7)17-9/h2-6,15H,1H3. The van der Waals surface area contributed by atoms with Crippen LogP contribution in [0.5, 0.6) is 11.5 Å². The van der Waals surface area contributed by atoms with Gasteiger partial charge in [-0.15, -0.1) is 0 Å². The summed E-state index contributed by atoms with van der Waals surface area (Å²) >= 11 is 3.32. The Kier molecular flexibility index (Phi) is 2.26. The third kappa shape index (κ3) is 1.41. The summed E-state index contributed by atoms with van der Waals surface area (Å²) < 4.78 is 11.4. The molecule has 0 aliphatic heterocycles. The monoisotopic (exact) mass is 292 g/mol. The second-order valence-corrected chi connectivity index (χ2v) is 4.51. The molecular formula is C13H9BrO3. The van der Waals surface area contributed by atoms with Crippen LogP contribution in [0.15, 0.2) is 39.2 Å². The minimum atomic E-state index is 0.143. The summed E-state index contributed by atoms with van der Waals surface area (Å²) in [5, 5.41) is 11.8. The van der Waals surface area contributed by atoms with Gasteiger partial charge in [-0.25, -0.2) is 0 Å². The molecule has 0 aliphatic carbocycles. The van der Waals surface area contributed by atoms with E-state index in [1.165, 1.54) is 0 Å². The highest BCUT2D eigenvalue weighted by Crippen LogP contribution is 2.44. The van der Waals surface area contributed by atoms with Gasteiger partial charge in [0.05, 0.1) is 12.5 Å². The predicted molar refractivity (Wildman–Crippen MR) is 69.6 cm³/mol. The van der Waals surface area contributed by atoms with Crippen molar-refractivity contribution in [1.82, 2.24) is 0 Å². The molecular weight excluding hydrogens is 284 g/mol. The van der Waals surface area contributed by atoms with E-state index in [-0.39, 0.29) is 5.75 Å². The molecule has 3 nitrogen and oxygen atoms in total. The van der Waals surface area contributed by atoms with E-state index in [0.29, 0.717) is 21.2 Å². The highest BCUT2D eigenvalue weighted by atomic mass is 79.9. The fraction of sp³-hybridized carbons (Fsp3) is 0.0769. The van der Waals surface area contributed by atoms with Crippen molar-refractivity contribution < 1.29 is 14.3 Å². The van der Waals surface area contributed by atoms with Crippen molar-refractivity contribution in [3.8, 4) is 11.5 Å². The van der Waals surface area contributed by atoms with E-state index < -0.39 is 0 Å². The number of hydrogen-bond acceptors (Lipinski definition) is 3. The number of phenols is 1. The molecule has 17 heavy (non-hydrogen) atoms. The molecule has 0 bridgehead atoms. The summed E-state index contributed by atoms with van der Waals surface area (Å²) in [7, 11) is 1.55. The molecule has 1 heterocycles. The van der Waals surface area contributed by atoms with Crippen LogP contribution in [-0.4, -0.2) is 12.2 Å². The van der Waals surface area contributed by atoms with Crippen LogP contribution in [0.3, 0.4) is 0 Å². The maximum absolute atomic E-state index is 10.2. The van der Waals surface area contributed by atoms with Crippen molar-refractivity contribution in [2.75, 3.05) is 7.11 Å². The van der Waals surface area contributed by atoms with E-state index in [4.69, 9.17) is 9.15 Å². The summed E-state index contributed by atoms with van der Waals surface area (Å²) in [6.07, 6.45) is 0. The van der Waals surface area contributed by atoms with Gasteiger partial charge in [0.25, 0.3) is 0 Å². The third-order valence-electron chi connectivity index (χ3n) is 2.77. The molecule has 0 radical (unpaired) electrons. The van der Waals surface area contributed by atoms with E-state index >= 15 is 0 Å². The van der Waals surface area contributed by atoms with Gasteiger partial charge in [0, 0.05) is 11.5 Å². The average Bonchev–Trinajstić information content (AvgIpc) is 2.72. The van der Waals surface area contributed by atoms with Crippen molar-refractivity contribution in [3.63, 3.8) is 0 Å². The van der Waals surface area contributed by atoms with Crippen LogP contribution < -0.4 is 4.74 Å². The number of rotatable bonds is 1. The lowest BCUT2D eigenvalue weighted by Crippen LogP contribution is -1.84. The number of phenolic OH excluding ortho intramolecular Hbond substituents is 1. The maximum Gasteiger partial charge on any atom is 0.145 e. The van der Waals surface area contributed by atoms with Gasteiger partial charge in [-0.2, -0.15) is 0 Å². The highest BCUT2D eigenvalue weighted by molar-refractivity contribution is 9.10. The van der Waals surface area contributed by atoms with E-state index in [0.717, 1.165) is 11.0 Å². The summed E-state index contributed by atoms with van der Waals surface area (Å²) in [5.74, 6) is 0.693. The van der Waals surface area contributed by atoms with Crippen LogP contribution in [0.4, 0.5) is 0 Å². The Balaban J connectivity index is 2.54. The molecule has 3 rings (SSSR count). The minimum absolute atomic E-state index is 0.143. The third-order valence-corrected chi connectivity index (χ3v) is 3.53. The van der Waals surface area contributed by atoms with Crippen LogP contribution in [-0.2, 0) is 0 Å². The first kappa shape index (κ1) is 10.5. The molecule has 0 fully saturated rings. The quantitative estimate of drug-likeness (QED) is 0.735. The fourth-order valence-electron chi connectivity index (χ4n) is 1.97. The van der Waals surface area contributed by atoms with Gasteiger partial charge >= 0.3 is 0 Å². The first-order valence-electron chi connectivity index (χ1n) is 5.09. The molecule has 0 spiro atoms. The Bertz CT molecular complexity index is 715. The number of hydrogen-bond donors (Lipinski definition) is 1. The lowest BCUT2D eigenvalue weighted by atomic mass is 10.1. The van der Waals surface area contributed by atoms with Gasteiger partial charge in [-0.05, 0) is 22.0 Å². The SMILES string of the molecule is COc1cc2oc3ccccc3c2c(O)c1Br. The largest absolute Gasteiger partial charge is 0.506 e. The number of furan rings is 1. The Labute approximate surface area is 106 Å². The number of ether oxygens (including phenoxy) is 1. The van der Waals surface area contributed by atoms with Crippen molar-refractivity contribution in [2.24, 2.45) is 0 Å². The zero-order valence-electron chi connectivity index (χ0n) is 9.03. The molecule has 0 unspecified atom stereocenters. The highest BCUT2D eigenvalue weighted by Gasteiger charge is 2.16. The zero-order valence-corrected chi connectivity index (χ0v) is 10.6. The Morgan fingerprint density at radius 1 is 1.24 bits per heavy atom. The van der Waals surface area contributed by atoms with Gasteiger partial charge in [-0.3, -0.25) is 0 Å². The molecule has 1 N–H and O–H groups in total. The predicted octanol–water partition coefficient (Wildman–Crippen LogP) is 4.06. The average molecular weight is 293 g/mol. The summed E-state index contributed by atoms with van der Waals surface area (Å²) in [6.45, 7) is 0. The van der Waals surface area contributed by atoms with E-state index in [1.807, 2.05) is 24.3 Å². The normalized spacial score (nSPS) is 11.2. The second-order valence-electron chi connectivity index (χ2n) is 3.71. The van der Waals surface area contributed by atoms with Crippen molar-refractivity contribution >= 4 is 37.9 Å². The first-order valence-corrected chi connectivity index (χ1v) is 5.88. The molecule has 3 aromatic rings. The van der Waals surface area contributed by atoms with Crippen LogP contribution in [0.25, 0.3) is 21.9 Å². The number of methoxy groups -OCH3 is 1. The molecule has 86 valence electrons. The van der Waals surface area contributed by atoms with Crippen molar-refractivity contribution in [3.05, 3.63) is 34.8 Å². The maximum atomic E-state index is 10.2. The first-order chi connectivity index (χ1) is 8.22. The lowest BCUT2D eigenvalue weighted by molar-refractivity contribution is 0.404. The smallest absolute Gasteiger partial charge is 0.145 e. The van der Waals surface area contributed by atoms with Crippen LogP contribution in [0.2, 0.25) is 0 Å². The number of fused-ring (bicyclic) bond motifs is 3. The summed E-state index contributed by atoms with van der Waals surface area (Å²) in [6, 6.07) is 9.36. The van der Waals surface area contributed by atoms with E-state index in [1.54, 1.807) is 13.2 Å². The van der Waals surface area contributed by atoms with E-state index in [9.17, 15) is 5.11 Å². The summed E-state index contributed by atoms with van der Waals surface area (Å²) in [4.78, 5) is 0. The van der Waals surface area contributed by atoms with Gasteiger partial charge in [0.2, 0.25) is 0 Å². The Morgan fingerprint density at radius 2 is 2.00 bits per heavy atom. The van der Waals surface area contributed by atoms with Crippen LogP contribution in [0, 0.1) is 0 Å². The fourth-order valence-corrected chi connectivity index (χ4v) is 2.44. The zero-order chi connectivity index (χ0) is 12.0. The second kappa shape index (κ2) is 3.67. The molecule has 2 aromatic carbocycles. The minimum Gasteiger partial charge on any atom is -0.506 e. The molecule has 0 saturated carbocycles. The molecule has 1 aromatic heterocycles. The van der Waals surface area contributed by atoms with E-state index in [2.05, 4.69) is 15.9 Å². The van der Waals surface area contributed by atoms with Gasteiger partial charge in [0.1, 0.15) is 27.1 Å². The Morgan fingerprint density at radius 3 is 2.76 bits per heavy atom. The molecule has 0 aliphatic rings. The van der Waals surface area contributed by atoms with Gasteiger partial charge < -0.3 is 14.3 Å².